The number of rotatable bonds is 4. The third-order valence-electron chi connectivity index (χ3n) is 2.69. The van der Waals surface area contributed by atoms with Crippen LogP contribution in [0.3, 0.4) is 0 Å². The molecule has 0 aliphatic heterocycles. The van der Waals surface area contributed by atoms with Crippen LogP contribution in [-0.2, 0) is 9.59 Å². The van der Waals surface area contributed by atoms with Gasteiger partial charge in [-0.05, 0) is 33.3 Å². The van der Waals surface area contributed by atoms with Crippen LogP contribution in [0.2, 0.25) is 0 Å². The first-order valence-corrected chi connectivity index (χ1v) is 6.63. The molecule has 1 aromatic rings. The summed E-state index contributed by atoms with van der Waals surface area (Å²) in [5.74, 6) is -0.598. The van der Waals surface area contributed by atoms with Crippen molar-refractivity contribution in [2.45, 2.75) is 45.3 Å². The summed E-state index contributed by atoms with van der Waals surface area (Å²) in [7, 11) is 0. The second-order valence-corrected chi connectivity index (χ2v) is 5.86. The summed E-state index contributed by atoms with van der Waals surface area (Å²) in [6, 6.07) is 7.65. The van der Waals surface area contributed by atoms with Crippen molar-refractivity contribution in [2.24, 2.45) is 5.73 Å². The van der Waals surface area contributed by atoms with Gasteiger partial charge in [0.25, 0.3) is 0 Å². The molecule has 1 aromatic carbocycles. The van der Waals surface area contributed by atoms with Crippen LogP contribution in [-0.4, -0.2) is 23.4 Å². The summed E-state index contributed by atoms with van der Waals surface area (Å²) >= 11 is 0. The summed E-state index contributed by atoms with van der Waals surface area (Å²) in [4.78, 5) is 23.9. The molecule has 0 bridgehead atoms. The fourth-order valence-electron chi connectivity index (χ4n) is 1.66. The highest BCUT2D eigenvalue weighted by Gasteiger charge is 2.23. The highest BCUT2D eigenvalue weighted by Crippen LogP contribution is 2.09. The zero-order chi connectivity index (χ0) is 15.3. The molecule has 5 heteroatoms. The van der Waals surface area contributed by atoms with Gasteiger partial charge in [-0.2, -0.15) is 0 Å². The van der Waals surface area contributed by atoms with E-state index in [1.807, 2.05) is 39.0 Å². The zero-order valence-corrected chi connectivity index (χ0v) is 12.4. The lowest BCUT2D eigenvalue weighted by Crippen LogP contribution is -2.52. The van der Waals surface area contributed by atoms with Crippen molar-refractivity contribution in [1.82, 2.24) is 10.6 Å². The number of carbonyl (C=O) groups excluding carboxylic acids is 2. The Bertz CT molecular complexity index is 466. The fraction of sp³-hybridized carbons (Fsp3) is 0.467. The van der Waals surface area contributed by atoms with Crippen LogP contribution >= 0.6 is 0 Å². The molecule has 1 rings (SSSR count). The third kappa shape index (κ3) is 5.01. The van der Waals surface area contributed by atoms with Gasteiger partial charge >= 0.3 is 0 Å². The lowest BCUT2D eigenvalue weighted by atomic mass is 10.1. The largest absolute Gasteiger partial charge is 0.350 e. The molecule has 2 atom stereocenters. The fourth-order valence-corrected chi connectivity index (χ4v) is 1.66. The molecule has 0 aromatic heterocycles. The Labute approximate surface area is 119 Å². The van der Waals surface area contributed by atoms with Gasteiger partial charge in [-0.15, -0.1) is 0 Å². The molecule has 2 amide bonds. The Kier molecular flexibility index (Phi) is 5.27. The number of nitrogens with two attached hydrogens (primary N) is 1. The maximum Gasteiger partial charge on any atom is 0.242 e. The highest BCUT2D eigenvalue weighted by atomic mass is 16.2. The molecule has 0 spiro atoms. The Morgan fingerprint density at radius 1 is 1.10 bits per heavy atom. The Hall–Kier alpha value is -1.88. The van der Waals surface area contributed by atoms with Gasteiger partial charge in [-0.25, -0.2) is 0 Å². The van der Waals surface area contributed by atoms with Crippen molar-refractivity contribution in [3.63, 3.8) is 0 Å². The van der Waals surface area contributed by atoms with Gasteiger partial charge in [0.15, 0.2) is 0 Å². The van der Waals surface area contributed by atoms with Crippen LogP contribution in [0.5, 0.6) is 0 Å². The van der Waals surface area contributed by atoms with E-state index < -0.39 is 12.1 Å². The molecule has 0 aliphatic carbocycles. The van der Waals surface area contributed by atoms with Crippen LogP contribution in [0.25, 0.3) is 0 Å². The maximum atomic E-state index is 12.0. The van der Waals surface area contributed by atoms with E-state index in [0.717, 1.165) is 0 Å². The molecule has 20 heavy (non-hydrogen) atoms. The molecule has 0 aliphatic rings. The average molecular weight is 277 g/mol. The van der Waals surface area contributed by atoms with Crippen molar-refractivity contribution < 1.29 is 9.59 Å². The van der Waals surface area contributed by atoms with Crippen molar-refractivity contribution >= 4 is 11.8 Å². The van der Waals surface area contributed by atoms with Crippen LogP contribution in [0, 0.1) is 0 Å². The third-order valence-corrected chi connectivity index (χ3v) is 2.69. The first-order chi connectivity index (χ1) is 9.20. The molecule has 110 valence electrons. The SMILES string of the molecule is CC(NC(=O)[C@@H](N)c1ccccc1)C(=O)NC(C)(C)C. The van der Waals surface area contributed by atoms with Crippen LogP contribution in [0.1, 0.15) is 39.3 Å². The predicted molar refractivity (Wildman–Crippen MR) is 78.9 cm³/mol. The molecular weight excluding hydrogens is 254 g/mol. The number of benzene rings is 1. The summed E-state index contributed by atoms with van der Waals surface area (Å²) < 4.78 is 0. The van der Waals surface area contributed by atoms with Crippen molar-refractivity contribution in [3.8, 4) is 0 Å². The van der Waals surface area contributed by atoms with Crippen LogP contribution < -0.4 is 16.4 Å². The van der Waals surface area contributed by atoms with E-state index in [1.165, 1.54) is 0 Å². The van der Waals surface area contributed by atoms with Gasteiger partial charge in [0.05, 0.1) is 0 Å². The second kappa shape index (κ2) is 6.52. The molecule has 0 heterocycles. The van der Waals surface area contributed by atoms with E-state index in [-0.39, 0.29) is 17.4 Å². The maximum absolute atomic E-state index is 12.0. The minimum absolute atomic E-state index is 0.230. The van der Waals surface area contributed by atoms with Gasteiger partial charge in [0.2, 0.25) is 11.8 Å². The van der Waals surface area contributed by atoms with E-state index >= 15 is 0 Å². The molecule has 0 fully saturated rings. The lowest BCUT2D eigenvalue weighted by Gasteiger charge is -2.24. The topological polar surface area (TPSA) is 84.2 Å². The van der Waals surface area contributed by atoms with Crippen molar-refractivity contribution in [3.05, 3.63) is 35.9 Å². The molecular formula is C15H23N3O2. The Morgan fingerprint density at radius 2 is 1.65 bits per heavy atom. The summed E-state index contributed by atoms with van der Waals surface area (Å²) in [5.41, 5.74) is 6.25. The summed E-state index contributed by atoms with van der Waals surface area (Å²) in [6.07, 6.45) is 0. The van der Waals surface area contributed by atoms with Gasteiger partial charge < -0.3 is 16.4 Å². The Morgan fingerprint density at radius 3 is 2.15 bits per heavy atom. The predicted octanol–water partition coefficient (Wildman–Crippen LogP) is 1.11. The van der Waals surface area contributed by atoms with Gasteiger partial charge in [0, 0.05) is 5.54 Å². The number of carbonyl (C=O) groups is 2. The molecule has 5 nitrogen and oxygen atoms in total. The van der Waals surface area contributed by atoms with Gasteiger partial charge in [-0.3, -0.25) is 9.59 Å². The number of amides is 2. The normalized spacial score (nSPS) is 14.2. The second-order valence-electron chi connectivity index (χ2n) is 5.86. The highest BCUT2D eigenvalue weighted by molar-refractivity contribution is 5.90. The van der Waals surface area contributed by atoms with E-state index in [4.69, 9.17) is 5.73 Å². The first-order valence-electron chi connectivity index (χ1n) is 6.63. The quantitative estimate of drug-likeness (QED) is 0.770. The minimum Gasteiger partial charge on any atom is -0.350 e. The standard InChI is InChI=1S/C15H23N3O2/c1-10(13(19)18-15(2,3)4)17-14(20)12(16)11-8-6-5-7-9-11/h5-10,12H,16H2,1-4H3,(H,17,20)(H,18,19)/t10?,12-/m0/s1. The van der Waals surface area contributed by atoms with Crippen molar-refractivity contribution in [1.29, 1.82) is 0 Å². The monoisotopic (exact) mass is 277 g/mol. The van der Waals surface area contributed by atoms with Crippen molar-refractivity contribution in [2.75, 3.05) is 0 Å². The average Bonchev–Trinajstić information content (AvgIpc) is 2.36. The summed E-state index contributed by atoms with van der Waals surface area (Å²) in [5, 5.41) is 5.43. The first kappa shape index (κ1) is 16.2. The molecule has 4 N–H and O–H groups in total. The number of nitrogens with one attached hydrogen (secondary N) is 2. The van der Waals surface area contributed by atoms with E-state index in [9.17, 15) is 9.59 Å². The Balaban J connectivity index is 2.60. The zero-order valence-electron chi connectivity index (χ0n) is 12.4. The van der Waals surface area contributed by atoms with Crippen LogP contribution in [0.15, 0.2) is 30.3 Å². The van der Waals surface area contributed by atoms with E-state index in [0.29, 0.717) is 5.56 Å². The summed E-state index contributed by atoms with van der Waals surface area (Å²) in [6.45, 7) is 7.29. The van der Waals surface area contributed by atoms with E-state index in [2.05, 4.69) is 10.6 Å². The van der Waals surface area contributed by atoms with Crippen LogP contribution in [0.4, 0.5) is 0 Å². The number of hydrogen-bond donors (Lipinski definition) is 3. The molecule has 0 radical (unpaired) electrons. The number of hydrogen-bond acceptors (Lipinski definition) is 3. The van der Waals surface area contributed by atoms with E-state index in [1.54, 1.807) is 19.1 Å². The molecule has 1 unspecified atom stereocenters. The lowest BCUT2D eigenvalue weighted by molar-refractivity contribution is -0.130. The molecule has 0 saturated carbocycles. The smallest absolute Gasteiger partial charge is 0.242 e. The van der Waals surface area contributed by atoms with Gasteiger partial charge in [-0.1, -0.05) is 30.3 Å². The molecule has 0 saturated heterocycles. The van der Waals surface area contributed by atoms with Gasteiger partial charge in [0.1, 0.15) is 12.1 Å². The minimum atomic E-state index is -0.777.